The normalized spacial score (nSPS) is 12.8. The number of fused-ring (bicyclic) bond motifs is 2. The lowest BCUT2D eigenvalue weighted by molar-refractivity contribution is 0.174. The van der Waals surface area contributed by atoms with Gasteiger partial charge >= 0.3 is 0 Å². The third kappa shape index (κ3) is 4.25. The molecule has 0 fully saturated rings. The molecule has 31 heavy (non-hydrogen) atoms. The van der Waals surface area contributed by atoms with Crippen molar-refractivity contribution in [3.8, 4) is 21.9 Å². The maximum Gasteiger partial charge on any atom is 0.231 e. The van der Waals surface area contributed by atoms with Gasteiger partial charge in [-0.05, 0) is 41.5 Å². The number of ether oxygens (including phenoxy) is 2. The number of hydrogen-bond donors (Lipinski definition) is 2. The van der Waals surface area contributed by atoms with Gasteiger partial charge in [-0.3, -0.25) is 4.72 Å². The number of hydrogen-bond acceptors (Lipinski definition) is 8. The standard InChI is InChI=1S/C21H18N4O4S2/c1-31(26,27)25-15-4-2-3-14(8-15)19-9-16-20(30-19)21(24-11-23-16)22-10-13-5-6-17-18(7-13)29-12-28-17/h2-9,11,25H,10,12H2,1H3,(H,22,23,24). The number of nitrogens with one attached hydrogen (secondary N) is 2. The third-order valence-electron chi connectivity index (χ3n) is 4.66. The first kappa shape index (κ1) is 19.6. The Morgan fingerprint density at radius 1 is 1.06 bits per heavy atom. The highest BCUT2D eigenvalue weighted by molar-refractivity contribution is 7.92. The van der Waals surface area contributed by atoms with E-state index in [4.69, 9.17) is 9.47 Å². The molecule has 0 radical (unpaired) electrons. The third-order valence-corrected chi connectivity index (χ3v) is 6.45. The second kappa shape index (κ2) is 7.71. The molecule has 0 aliphatic carbocycles. The number of nitrogens with zero attached hydrogens (tertiary/aromatic N) is 2. The zero-order valence-electron chi connectivity index (χ0n) is 16.5. The molecule has 2 aromatic heterocycles. The lowest BCUT2D eigenvalue weighted by atomic mass is 10.1. The van der Waals surface area contributed by atoms with Crippen LogP contribution in [0.3, 0.4) is 0 Å². The lowest BCUT2D eigenvalue weighted by Gasteiger charge is -2.07. The summed E-state index contributed by atoms with van der Waals surface area (Å²) in [6, 6.07) is 15.1. The number of anilines is 2. The molecule has 10 heteroatoms. The maximum atomic E-state index is 11.5. The molecule has 1 aliphatic rings. The highest BCUT2D eigenvalue weighted by atomic mass is 32.2. The van der Waals surface area contributed by atoms with E-state index in [9.17, 15) is 8.42 Å². The first-order valence-electron chi connectivity index (χ1n) is 9.40. The Morgan fingerprint density at radius 2 is 1.94 bits per heavy atom. The number of rotatable bonds is 6. The Morgan fingerprint density at radius 3 is 2.81 bits per heavy atom. The van der Waals surface area contributed by atoms with E-state index < -0.39 is 10.0 Å². The molecule has 0 spiro atoms. The average Bonchev–Trinajstić information content (AvgIpc) is 3.38. The largest absolute Gasteiger partial charge is 0.454 e. The molecule has 5 rings (SSSR count). The fourth-order valence-electron chi connectivity index (χ4n) is 3.31. The molecule has 0 saturated carbocycles. The van der Waals surface area contributed by atoms with Crippen LogP contribution in [0.2, 0.25) is 0 Å². The predicted molar refractivity (Wildman–Crippen MR) is 121 cm³/mol. The summed E-state index contributed by atoms with van der Waals surface area (Å²) in [5.74, 6) is 2.24. The molecular formula is C21H18N4O4S2. The van der Waals surface area contributed by atoms with Crippen molar-refractivity contribution in [1.82, 2.24) is 9.97 Å². The van der Waals surface area contributed by atoms with E-state index in [-0.39, 0.29) is 6.79 Å². The van der Waals surface area contributed by atoms with Crippen LogP contribution in [0, 0.1) is 0 Å². The van der Waals surface area contributed by atoms with E-state index in [1.807, 2.05) is 36.4 Å². The summed E-state index contributed by atoms with van der Waals surface area (Å²) in [6.45, 7) is 0.821. The minimum atomic E-state index is -3.34. The van der Waals surface area contributed by atoms with E-state index in [0.717, 1.165) is 49.8 Å². The Kier molecular flexibility index (Phi) is 4.87. The molecule has 2 aromatic carbocycles. The van der Waals surface area contributed by atoms with Crippen molar-refractivity contribution >= 4 is 43.1 Å². The summed E-state index contributed by atoms with van der Waals surface area (Å²) < 4.78 is 37.3. The van der Waals surface area contributed by atoms with E-state index in [1.54, 1.807) is 23.5 Å². The average molecular weight is 455 g/mol. The van der Waals surface area contributed by atoms with Gasteiger partial charge in [0.05, 0.1) is 16.5 Å². The summed E-state index contributed by atoms with van der Waals surface area (Å²) >= 11 is 1.55. The van der Waals surface area contributed by atoms with Gasteiger partial charge in [0.25, 0.3) is 0 Å². The van der Waals surface area contributed by atoms with Gasteiger partial charge in [0.1, 0.15) is 12.1 Å². The van der Waals surface area contributed by atoms with Crippen LogP contribution in [0.1, 0.15) is 5.56 Å². The minimum absolute atomic E-state index is 0.248. The first-order chi connectivity index (χ1) is 14.9. The summed E-state index contributed by atoms with van der Waals surface area (Å²) in [4.78, 5) is 9.76. The number of benzene rings is 2. The summed E-state index contributed by atoms with van der Waals surface area (Å²) in [6.07, 6.45) is 2.66. The van der Waals surface area contributed by atoms with Gasteiger partial charge in [0.15, 0.2) is 11.5 Å². The van der Waals surface area contributed by atoms with Crippen LogP contribution in [0.15, 0.2) is 54.9 Å². The van der Waals surface area contributed by atoms with Crippen LogP contribution in [-0.2, 0) is 16.6 Å². The van der Waals surface area contributed by atoms with Gasteiger partial charge in [-0.15, -0.1) is 11.3 Å². The highest BCUT2D eigenvalue weighted by Gasteiger charge is 2.14. The smallest absolute Gasteiger partial charge is 0.231 e. The molecule has 1 aliphatic heterocycles. The molecule has 4 aromatic rings. The Hall–Kier alpha value is -3.37. The first-order valence-corrected chi connectivity index (χ1v) is 12.1. The van der Waals surface area contributed by atoms with Gasteiger partial charge in [-0.25, -0.2) is 18.4 Å². The van der Waals surface area contributed by atoms with Crippen molar-refractivity contribution < 1.29 is 17.9 Å². The predicted octanol–water partition coefficient (Wildman–Crippen LogP) is 4.07. The van der Waals surface area contributed by atoms with Crippen LogP contribution >= 0.6 is 11.3 Å². The summed E-state index contributed by atoms with van der Waals surface area (Å²) in [5.41, 5.74) is 3.29. The quantitative estimate of drug-likeness (QED) is 0.453. The zero-order chi connectivity index (χ0) is 21.4. The molecule has 0 unspecified atom stereocenters. The van der Waals surface area contributed by atoms with Crippen LogP contribution in [0.5, 0.6) is 11.5 Å². The van der Waals surface area contributed by atoms with Crippen molar-refractivity contribution in [1.29, 1.82) is 0 Å². The Balaban J connectivity index is 1.41. The number of sulfonamides is 1. The minimum Gasteiger partial charge on any atom is -0.454 e. The van der Waals surface area contributed by atoms with Gasteiger partial charge in [0.2, 0.25) is 16.8 Å². The van der Waals surface area contributed by atoms with Gasteiger partial charge in [-0.2, -0.15) is 0 Å². The second-order valence-electron chi connectivity index (χ2n) is 7.04. The molecule has 158 valence electrons. The van der Waals surface area contributed by atoms with Crippen LogP contribution < -0.4 is 19.5 Å². The van der Waals surface area contributed by atoms with Crippen molar-refractivity contribution in [3.05, 3.63) is 60.4 Å². The van der Waals surface area contributed by atoms with Crippen molar-refractivity contribution in [2.24, 2.45) is 0 Å². The highest BCUT2D eigenvalue weighted by Crippen LogP contribution is 2.37. The van der Waals surface area contributed by atoms with Crippen molar-refractivity contribution in [2.75, 3.05) is 23.1 Å². The monoisotopic (exact) mass is 454 g/mol. The Labute approximate surface area is 182 Å². The van der Waals surface area contributed by atoms with Crippen molar-refractivity contribution in [3.63, 3.8) is 0 Å². The zero-order valence-corrected chi connectivity index (χ0v) is 18.1. The van der Waals surface area contributed by atoms with Crippen molar-refractivity contribution in [2.45, 2.75) is 6.54 Å². The van der Waals surface area contributed by atoms with Gasteiger partial charge in [0, 0.05) is 17.1 Å². The topological polar surface area (TPSA) is 102 Å². The van der Waals surface area contributed by atoms with Gasteiger partial charge < -0.3 is 14.8 Å². The van der Waals surface area contributed by atoms with E-state index in [2.05, 4.69) is 20.0 Å². The van der Waals surface area contributed by atoms with Crippen LogP contribution in [0.25, 0.3) is 20.7 Å². The second-order valence-corrected chi connectivity index (χ2v) is 9.84. The van der Waals surface area contributed by atoms with E-state index in [0.29, 0.717) is 12.2 Å². The van der Waals surface area contributed by atoms with Crippen LogP contribution in [0.4, 0.5) is 11.5 Å². The fourth-order valence-corrected chi connectivity index (χ4v) is 4.94. The molecule has 2 N–H and O–H groups in total. The summed E-state index contributed by atoms with van der Waals surface area (Å²) in [7, 11) is -3.34. The lowest BCUT2D eigenvalue weighted by Crippen LogP contribution is -2.09. The van der Waals surface area contributed by atoms with Crippen LogP contribution in [-0.4, -0.2) is 31.4 Å². The molecule has 0 amide bonds. The molecule has 3 heterocycles. The SMILES string of the molecule is CS(=O)(=O)Nc1cccc(-c2cc3ncnc(NCc4ccc5c(c4)OCO5)c3s2)c1. The van der Waals surface area contributed by atoms with Gasteiger partial charge in [-0.1, -0.05) is 18.2 Å². The maximum absolute atomic E-state index is 11.5. The van der Waals surface area contributed by atoms with E-state index in [1.165, 1.54) is 6.33 Å². The summed E-state index contributed by atoms with van der Waals surface area (Å²) in [5, 5.41) is 3.37. The Bertz CT molecular complexity index is 1390. The molecule has 0 bridgehead atoms. The molecule has 0 saturated heterocycles. The molecular weight excluding hydrogens is 436 g/mol. The molecule has 0 atom stereocenters. The van der Waals surface area contributed by atoms with E-state index >= 15 is 0 Å². The fraction of sp³-hybridized carbons (Fsp3) is 0.143. The molecule has 8 nitrogen and oxygen atoms in total. The number of aromatic nitrogens is 2. The number of thiophene rings is 1.